The van der Waals surface area contributed by atoms with Crippen LogP contribution in [0, 0.1) is 0 Å². The number of aryl methyl sites for hydroxylation is 1. The van der Waals surface area contributed by atoms with Crippen LogP contribution in [0.1, 0.15) is 24.8 Å². The van der Waals surface area contributed by atoms with Gasteiger partial charge in [-0.05, 0) is 66.5 Å². The monoisotopic (exact) mass is 313 g/mol. The lowest BCUT2D eigenvalue weighted by Gasteiger charge is -2.11. The Balaban J connectivity index is 2.04. The molecular formula is C14H20BrNO2. The number of hydrogen-bond donors (Lipinski definition) is 1. The van der Waals surface area contributed by atoms with Gasteiger partial charge in [0.15, 0.2) is 11.5 Å². The van der Waals surface area contributed by atoms with Crippen molar-refractivity contribution in [3.8, 4) is 11.5 Å². The largest absolute Gasteiger partial charge is 0.490 e. The molecule has 3 nitrogen and oxygen atoms in total. The number of ether oxygens (including phenoxy) is 2. The van der Waals surface area contributed by atoms with Crippen molar-refractivity contribution in [3.05, 3.63) is 22.2 Å². The number of halogens is 1. The lowest BCUT2D eigenvalue weighted by Crippen LogP contribution is -2.07. The topological polar surface area (TPSA) is 30.5 Å². The van der Waals surface area contributed by atoms with Crippen LogP contribution >= 0.6 is 15.9 Å². The molecule has 0 bridgehead atoms. The fourth-order valence-corrected chi connectivity index (χ4v) is 2.66. The van der Waals surface area contributed by atoms with E-state index in [1.807, 2.05) is 7.05 Å². The van der Waals surface area contributed by atoms with Crippen molar-refractivity contribution < 1.29 is 9.47 Å². The van der Waals surface area contributed by atoms with Gasteiger partial charge in [0.1, 0.15) is 0 Å². The Morgan fingerprint density at radius 2 is 2.06 bits per heavy atom. The molecule has 4 heteroatoms. The van der Waals surface area contributed by atoms with E-state index in [2.05, 4.69) is 33.4 Å². The molecule has 1 aliphatic rings. The van der Waals surface area contributed by atoms with Gasteiger partial charge in [-0.1, -0.05) is 0 Å². The Bertz CT molecular complexity index is 396. The molecule has 0 amide bonds. The molecule has 1 aromatic carbocycles. The second-order valence-corrected chi connectivity index (χ2v) is 5.37. The maximum absolute atomic E-state index is 5.73. The quantitative estimate of drug-likeness (QED) is 0.847. The summed E-state index contributed by atoms with van der Waals surface area (Å²) < 4.78 is 12.4. The zero-order valence-electron chi connectivity index (χ0n) is 10.8. The summed E-state index contributed by atoms with van der Waals surface area (Å²) in [7, 11) is 1.99. The Morgan fingerprint density at radius 3 is 2.89 bits per heavy atom. The van der Waals surface area contributed by atoms with Gasteiger partial charge in [-0.25, -0.2) is 0 Å². The summed E-state index contributed by atoms with van der Waals surface area (Å²) in [5.74, 6) is 1.73. The summed E-state index contributed by atoms with van der Waals surface area (Å²) in [6, 6.07) is 4.26. The highest BCUT2D eigenvalue weighted by Gasteiger charge is 2.14. The lowest BCUT2D eigenvalue weighted by molar-refractivity contribution is 0.296. The van der Waals surface area contributed by atoms with Gasteiger partial charge in [-0.3, -0.25) is 0 Å². The van der Waals surface area contributed by atoms with Crippen molar-refractivity contribution in [1.82, 2.24) is 5.32 Å². The molecule has 0 atom stereocenters. The molecule has 1 aliphatic heterocycles. The van der Waals surface area contributed by atoms with Gasteiger partial charge < -0.3 is 14.8 Å². The minimum Gasteiger partial charge on any atom is -0.490 e. The van der Waals surface area contributed by atoms with Gasteiger partial charge in [0, 0.05) is 6.42 Å². The number of benzene rings is 1. The molecule has 1 heterocycles. The van der Waals surface area contributed by atoms with Gasteiger partial charge in [0.05, 0.1) is 17.7 Å². The van der Waals surface area contributed by atoms with Gasteiger partial charge in [0.2, 0.25) is 0 Å². The second kappa shape index (κ2) is 7.00. The lowest BCUT2D eigenvalue weighted by atomic mass is 10.1. The fraction of sp³-hybridized carbons (Fsp3) is 0.571. The molecule has 0 aliphatic carbocycles. The number of nitrogens with one attached hydrogen (secondary N) is 1. The summed E-state index contributed by atoms with van der Waals surface area (Å²) in [5, 5.41) is 3.17. The molecule has 1 aromatic rings. The highest BCUT2D eigenvalue weighted by atomic mass is 79.9. The molecule has 0 saturated carbocycles. The minimum absolute atomic E-state index is 0.729. The number of unbranched alkanes of at least 4 members (excludes halogenated alkanes) is 1. The predicted octanol–water partition coefficient (Wildman–Crippen LogP) is 3.15. The van der Waals surface area contributed by atoms with Gasteiger partial charge >= 0.3 is 0 Å². The van der Waals surface area contributed by atoms with Crippen molar-refractivity contribution in [2.75, 3.05) is 26.8 Å². The van der Waals surface area contributed by atoms with Crippen molar-refractivity contribution in [1.29, 1.82) is 0 Å². The van der Waals surface area contributed by atoms with E-state index in [-0.39, 0.29) is 0 Å². The number of rotatable bonds is 5. The molecule has 0 spiro atoms. The zero-order chi connectivity index (χ0) is 12.8. The smallest absolute Gasteiger partial charge is 0.175 e. The van der Waals surface area contributed by atoms with E-state index in [0.717, 1.165) is 48.6 Å². The summed E-state index contributed by atoms with van der Waals surface area (Å²) in [4.78, 5) is 0. The Morgan fingerprint density at radius 1 is 1.22 bits per heavy atom. The van der Waals surface area contributed by atoms with Crippen LogP contribution in [0.5, 0.6) is 11.5 Å². The maximum Gasteiger partial charge on any atom is 0.175 e. The third-order valence-electron chi connectivity index (χ3n) is 3.00. The molecule has 0 saturated heterocycles. The molecule has 1 N–H and O–H groups in total. The van der Waals surface area contributed by atoms with E-state index in [1.165, 1.54) is 18.4 Å². The highest BCUT2D eigenvalue weighted by molar-refractivity contribution is 9.10. The fourth-order valence-electron chi connectivity index (χ4n) is 2.06. The van der Waals surface area contributed by atoms with Crippen LogP contribution in [0.2, 0.25) is 0 Å². The van der Waals surface area contributed by atoms with Gasteiger partial charge in [-0.15, -0.1) is 0 Å². The van der Waals surface area contributed by atoms with Crippen LogP contribution in [0.15, 0.2) is 16.6 Å². The average Bonchev–Trinajstić information content (AvgIpc) is 2.60. The summed E-state index contributed by atoms with van der Waals surface area (Å²) in [5.41, 5.74) is 1.31. The summed E-state index contributed by atoms with van der Waals surface area (Å²) >= 11 is 3.57. The molecule has 2 rings (SSSR count). The van der Waals surface area contributed by atoms with Crippen LogP contribution in [0.25, 0.3) is 0 Å². The van der Waals surface area contributed by atoms with Crippen LogP contribution in [0.4, 0.5) is 0 Å². The zero-order valence-corrected chi connectivity index (χ0v) is 12.4. The number of hydrogen-bond acceptors (Lipinski definition) is 3. The summed E-state index contributed by atoms with van der Waals surface area (Å²) in [6.45, 7) is 2.54. The van der Waals surface area contributed by atoms with Crippen molar-refractivity contribution >= 4 is 15.9 Å². The van der Waals surface area contributed by atoms with Crippen LogP contribution in [-0.4, -0.2) is 26.8 Å². The molecule has 18 heavy (non-hydrogen) atoms. The first-order valence-corrected chi connectivity index (χ1v) is 7.33. The highest BCUT2D eigenvalue weighted by Crippen LogP contribution is 2.38. The number of fused-ring (bicyclic) bond motifs is 1. The molecule has 0 aromatic heterocycles. The first-order valence-electron chi connectivity index (χ1n) is 6.54. The first-order chi connectivity index (χ1) is 8.81. The third-order valence-corrected chi connectivity index (χ3v) is 3.59. The predicted molar refractivity (Wildman–Crippen MR) is 76.6 cm³/mol. The second-order valence-electron chi connectivity index (χ2n) is 4.52. The summed E-state index contributed by atoms with van der Waals surface area (Å²) in [6.07, 6.45) is 4.41. The van der Waals surface area contributed by atoms with E-state index in [0.29, 0.717) is 0 Å². The van der Waals surface area contributed by atoms with E-state index in [9.17, 15) is 0 Å². The SMILES string of the molecule is CNCCCCc1cc(Br)c2c(c1)OCCCO2. The molecule has 0 radical (unpaired) electrons. The Labute approximate surface area is 117 Å². The van der Waals surface area contributed by atoms with Gasteiger partial charge in [-0.2, -0.15) is 0 Å². The van der Waals surface area contributed by atoms with Crippen LogP contribution < -0.4 is 14.8 Å². The Hall–Kier alpha value is -0.740. The van der Waals surface area contributed by atoms with E-state index in [4.69, 9.17) is 9.47 Å². The van der Waals surface area contributed by atoms with Gasteiger partial charge in [0.25, 0.3) is 0 Å². The Kier molecular flexibility index (Phi) is 5.32. The average molecular weight is 314 g/mol. The van der Waals surface area contributed by atoms with Crippen molar-refractivity contribution in [2.45, 2.75) is 25.7 Å². The minimum atomic E-state index is 0.729. The molecule has 0 unspecified atom stereocenters. The molecule has 100 valence electrons. The third kappa shape index (κ3) is 3.62. The van der Waals surface area contributed by atoms with Crippen molar-refractivity contribution in [3.63, 3.8) is 0 Å². The van der Waals surface area contributed by atoms with E-state index < -0.39 is 0 Å². The normalized spacial score (nSPS) is 14.3. The first kappa shape index (κ1) is 13.7. The molecular weight excluding hydrogens is 294 g/mol. The maximum atomic E-state index is 5.73. The molecule has 0 fully saturated rings. The van der Waals surface area contributed by atoms with E-state index >= 15 is 0 Å². The van der Waals surface area contributed by atoms with E-state index in [1.54, 1.807) is 0 Å². The van der Waals surface area contributed by atoms with Crippen molar-refractivity contribution in [2.24, 2.45) is 0 Å². The standard InChI is InChI=1S/C14H20BrNO2/c1-16-6-3-2-5-11-9-12(15)14-13(10-11)17-7-4-8-18-14/h9-10,16H,2-8H2,1H3. The van der Waals surface area contributed by atoms with Crippen LogP contribution in [0.3, 0.4) is 0 Å². The van der Waals surface area contributed by atoms with Crippen LogP contribution in [-0.2, 0) is 6.42 Å².